The van der Waals surface area contributed by atoms with Crippen LogP contribution in [0.4, 0.5) is 17.4 Å². The maximum atomic E-state index is 6.27. The summed E-state index contributed by atoms with van der Waals surface area (Å²) in [5, 5.41) is 16.6. The first-order valence-electron chi connectivity index (χ1n) is 11.4. The van der Waals surface area contributed by atoms with Crippen molar-refractivity contribution < 1.29 is 4.52 Å². The number of nitrogens with two attached hydrogens (primary N) is 1. The average molecular weight is 453 g/mol. The lowest BCUT2D eigenvalue weighted by Gasteiger charge is -2.23. The first-order chi connectivity index (χ1) is 16.8. The van der Waals surface area contributed by atoms with Crippen LogP contribution in [-0.4, -0.2) is 38.0 Å². The van der Waals surface area contributed by atoms with Gasteiger partial charge >= 0.3 is 0 Å². The molecule has 0 atom stereocenters. The zero-order chi connectivity index (χ0) is 22.9. The third kappa shape index (κ3) is 3.75. The smallest absolute Gasteiger partial charge is 0.229 e. The highest BCUT2D eigenvalue weighted by Crippen LogP contribution is 2.34. The molecule has 1 saturated heterocycles. The number of rotatable bonds is 5. The molecule has 1 aliphatic heterocycles. The van der Waals surface area contributed by atoms with Gasteiger partial charge in [0.25, 0.3) is 0 Å². The summed E-state index contributed by atoms with van der Waals surface area (Å²) in [6.45, 7) is 1.94. The van der Waals surface area contributed by atoms with Crippen LogP contribution in [0.15, 0.2) is 71.5 Å². The minimum Gasteiger partial charge on any atom is -0.383 e. The lowest BCUT2D eigenvalue weighted by Crippen LogP contribution is -2.30. The predicted octanol–water partition coefficient (Wildman–Crippen LogP) is 4.40. The maximum Gasteiger partial charge on any atom is 0.229 e. The third-order valence-electron chi connectivity index (χ3n) is 6.18. The van der Waals surface area contributed by atoms with Gasteiger partial charge in [0.1, 0.15) is 23.5 Å². The molecule has 5 aromatic rings. The molecular weight excluding hydrogens is 428 g/mol. The zero-order valence-corrected chi connectivity index (χ0v) is 18.5. The van der Waals surface area contributed by atoms with Gasteiger partial charge in [-0.05, 0) is 38.1 Å². The van der Waals surface area contributed by atoms with Gasteiger partial charge in [0.15, 0.2) is 5.65 Å². The van der Waals surface area contributed by atoms with E-state index in [-0.39, 0.29) is 6.04 Å². The quantitative estimate of drug-likeness (QED) is 0.359. The number of hydrogen-bond donors (Lipinski definition) is 3. The number of nitrogens with one attached hydrogen (secondary N) is 2. The molecule has 9 heteroatoms. The molecule has 6 rings (SSSR count). The van der Waals surface area contributed by atoms with Gasteiger partial charge in [0.05, 0.1) is 11.4 Å². The number of hydrogen-bond acceptors (Lipinski definition) is 8. The van der Waals surface area contributed by atoms with E-state index in [9.17, 15) is 0 Å². The van der Waals surface area contributed by atoms with Crippen molar-refractivity contribution in [3.63, 3.8) is 0 Å². The summed E-state index contributed by atoms with van der Waals surface area (Å²) < 4.78 is 7.49. The minimum absolute atomic E-state index is 0.290. The summed E-state index contributed by atoms with van der Waals surface area (Å²) in [7, 11) is 0. The second-order valence-electron chi connectivity index (χ2n) is 8.38. The van der Waals surface area contributed by atoms with Crippen molar-refractivity contribution in [2.45, 2.75) is 18.9 Å². The fourth-order valence-electron chi connectivity index (χ4n) is 4.44. The van der Waals surface area contributed by atoms with Gasteiger partial charge in [-0.15, -0.1) is 0 Å². The number of benzene rings is 2. The Balaban J connectivity index is 1.29. The molecule has 4 N–H and O–H groups in total. The van der Waals surface area contributed by atoms with E-state index in [4.69, 9.17) is 15.4 Å². The first kappa shape index (κ1) is 20.4. The fraction of sp³-hybridized carbons (Fsp3) is 0.200. The summed E-state index contributed by atoms with van der Waals surface area (Å²) in [5.41, 5.74) is 11.5. The molecule has 0 bridgehead atoms. The van der Waals surface area contributed by atoms with E-state index < -0.39 is 0 Å². The Morgan fingerprint density at radius 1 is 0.971 bits per heavy atom. The molecular formula is C25H24N8O. The molecule has 1 fully saturated rings. The summed E-state index contributed by atoms with van der Waals surface area (Å²) in [6, 6.07) is 20.1. The van der Waals surface area contributed by atoms with Crippen LogP contribution < -0.4 is 16.4 Å². The maximum absolute atomic E-state index is 6.27. The molecule has 2 aromatic carbocycles. The predicted molar refractivity (Wildman–Crippen MR) is 132 cm³/mol. The molecule has 4 heterocycles. The van der Waals surface area contributed by atoms with Gasteiger partial charge in [0, 0.05) is 22.9 Å². The van der Waals surface area contributed by atoms with E-state index in [1.165, 1.54) is 6.33 Å². The van der Waals surface area contributed by atoms with Crippen LogP contribution in [0.5, 0.6) is 0 Å². The van der Waals surface area contributed by atoms with Crippen LogP contribution in [0.3, 0.4) is 0 Å². The molecule has 1 aliphatic rings. The van der Waals surface area contributed by atoms with Crippen LogP contribution in [0, 0.1) is 0 Å². The Morgan fingerprint density at radius 2 is 1.76 bits per heavy atom. The largest absolute Gasteiger partial charge is 0.383 e. The van der Waals surface area contributed by atoms with Crippen LogP contribution in [-0.2, 0) is 0 Å². The Morgan fingerprint density at radius 3 is 2.56 bits per heavy atom. The summed E-state index contributed by atoms with van der Waals surface area (Å²) in [4.78, 5) is 8.74. The highest BCUT2D eigenvalue weighted by atomic mass is 16.5. The normalized spacial score (nSPS) is 14.5. The number of anilines is 3. The summed E-state index contributed by atoms with van der Waals surface area (Å²) >= 11 is 0. The monoisotopic (exact) mass is 452 g/mol. The fourth-order valence-corrected chi connectivity index (χ4v) is 4.44. The first-order valence-corrected chi connectivity index (χ1v) is 11.4. The topological polar surface area (TPSA) is 120 Å². The second-order valence-corrected chi connectivity index (χ2v) is 8.38. The van der Waals surface area contributed by atoms with Gasteiger partial charge in [0.2, 0.25) is 5.88 Å². The van der Waals surface area contributed by atoms with Gasteiger partial charge in [-0.1, -0.05) is 47.6 Å². The molecule has 0 aliphatic carbocycles. The van der Waals surface area contributed by atoms with E-state index in [2.05, 4.69) is 25.8 Å². The minimum atomic E-state index is 0.290. The molecule has 0 amide bonds. The van der Waals surface area contributed by atoms with E-state index in [1.54, 1.807) is 0 Å². The number of nitrogens with zero attached hydrogens (tertiary/aromatic N) is 5. The van der Waals surface area contributed by atoms with Crippen molar-refractivity contribution in [3.05, 3.63) is 67.0 Å². The Bertz CT molecular complexity index is 1420. The van der Waals surface area contributed by atoms with Gasteiger partial charge in [-0.2, -0.15) is 5.10 Å². The highest BCUT2D eigenvalue weighted by molar-refractivity contribution is 5.98. The van der Waals surface area contributed by atoms with E-state index in [0.717, 1.165) is 65.2 Å². The van der Waals surface area contributed by atoms with Crippen LogP contribution in [0.2, 0.25) is 0 Å². The lowest BCUT2D eigenvalue weighted by atomic mass is 10.1. The molecule has 0 unspecified atom stereocenters. The molecule has 0 radical (unpaired) electrons. The third-order valence-corrected chi connectivity index (χ3v) is 6.18. The number of aromatic nitrogens is 5. The number of fused-ring (bicyclic) bond motifs is 1. The van der Waals surface area contributed by atoms with Crippen molar-refractivity contribution in [1.29, 1.82) is 0 Å². The molecule has 3 aromatic heterocycles. The van der Waals surface area contributed by atoms with Gasteiger partial charge in [-0.3, -0.25) is 0 Å². The van der Waals surface area contributed by atoms with Crippen LogP contribution in [0.25, 0.3) is 33.5 Å². The second kappa shape index (κ2) is 8.60. The Labute approximate surface area is 196 Å². The standard InChI is InChI=1S/C25H24N8O/c26-24-22-23(31-33(25(22)29-15-28-24)19-10-12-27-13-11-19)17-6-8-18(9-7-17)30-21-14-20(32-34-21)16-4-2-1-3-5-16/h1-9,14-15,19,27,30H,10-13H2,(H2,26,28,29). The Kier molecular flexibility index (Phi) is 5.15. The van der Waals surface area contributed by atoms with Gasteiger partial charge < -0.3 is 20.9 Å². The molecule has 0 spiro atoms. The van der Waals surface area contributed by atoms with Crippen molar-refractivity contribution in [3.8, 4) is 22.5 Å². The lowest BCUT2D eigenvalue weighted by molar-refractivity contribution is 0.350. The average Bonchev–Trinajstić information content (AvgIpc) is 3.52. The van der Waals surface area contributed by atoms with Crippen molar-refractivity contribution in [2.75, 3.05) is 24.1 Å². The molecule has 34 heavy (non-hydrogen) atoms. The SMILES string of the molecule is Nc1ncnc2c1c(-c1ccc(Nc3cc(-c4ccccc4)no3)cc1)nn2C1CCNCC1. The van der Waals surface area contributed by atoms with E-state index >= 15 is 0 Å². The number of nitrogen functional groups attached to an aromatic ring is 1. The van der Waals surface area contributed by atoms with Crippen LogP contribution >= 0.6 is 0 Å². The molecule has 9 nitrogen and oxygen atoms in total. The number of piperidine rings is 1. The van der Waals surface area contributed by atoms with E-state index in [0.29, 0.717) is 11.7 Å². The highest BCUT2D eigenvalue weighted by Gasteiger charge is 2.23. The Hall–Kier alpha value is -4.24. The van der Waals surface area contributed by atoms with Crippen molar-refractivity contribution in [2.24, 2.45) is 0 Å². The summed E-state index contributed by atoms with van der Waals surface area (Å²) in [6.07, 6.45) is 3.52. The molecule has 170 valence electrons. The summed E-state index contributed by atoms with van der Waals surface area (Å²) in [5.74, 6) is 1.02. The molecule has 0 saturated carbocycles. The van der Waals surface area contributed by atoms with Gasteiger partial charge in [-0.25, -0.2) is 14.6 Å². The van der Waals surface area contributed by atoms with Crippen molar-refractivity contribution >= 4 is 28.4 Å². The van der Waals surface area contributed by atoms with Crippen molar-refractivity contribution in [1.82, 2.24) is 30.2 Å². The zero-order valence-electron chi connectivity index (χ0n) is 18.5. The van der Waals surface area contributed by atoms with Crippen LogP contribution in [0.1, 0.15) is 18.9 Å². The van der Waals surface area contributed by atoms with E-state index in [1.807, 2.05) is 65.3 Å².